The number of nitrogens with one attached hydrogen (secondary N) is 1. The molecule has 0 bridgehead atoms. The quantitative estimate of drug-likeness (QED) is 0.569. The molecule has 1 amide bonds. The number of aromatic nitrogens is 1. The maximum atomic E-state index is 12.7. The molecule has 0 unspecified atom stereocenters. The largest absolute Gasteiger partial charge is 0.469 e. The number of benzene rings is 1. The number of carbonyl (C=O) groups is 1. The molecular weight excluding hydrogens is 328 g/mol. The number of amides is 1. The van der Waals surface area contributed by atoms with Crippen LogP contribution in [0, 0.1) is 6.92 Å². The molecule has 4 rings (SSSR count). The zero-order valence-corrected chi connectivity index (χ0v) is 14.6. The highest BCUT2D eigenvalue weighted by Crippen LogP contribution is 2.22. The van der Waals surface area contributed by atoms with Crippen molar-refractivity contribution in [2.45, 2.75) is 19.9 Å². The highest BCUT2D eigenvalue weighted by Gasteiger charge is 2.17. The van der Waals surface area contributed by atoms with E-state index in [1.807, 2.05) is 22.8 Å². The van der Waals surface area contributed by atoms with Gasteiger partial charge in [-0.3, -0.25) is 4.79 Å². The maximum absolute atomic E-state index is 12.7. The van der Waals surface area contributed by atoms with Gasteiger partial charge in [0.2, 0.25) is 0 Å². The van der Waals surface area contributed by atoms with Crippen molar-refractivity contribution < 1.29 is 13.6 Å². The SMILES string of the molecule is Cc1ccc(Cn2c(C(=O)NCCc3ccco3)cc3occc32)cc1. The molecule has 3 heterocycles. The summed E-state index contributed by atoms with van der Waals surface area (Å²) in [6.45, 7) is 3.19. The molecular formula is C21H20N2O3. The van der Waals surface area contributed by atoms with E-state index in [1.54, 1.807) is 18.6 Å². The predicted molar refractivity (Wildman–Crippen MR) is 99.2 cm³/mol. The Hall–Kier alpha value is -3.21. The lowest BCUT2D eigenvalue weighted by Crippen LogP contribution is -2.28. The van der Waals surface area contributed by atoms with Crippen molar-refractivity contribution in [3.63, 3.8) is 0 Å². The summed E-state index contributed by atoms with van der Waals surface area (Å²) in [4.78, 5) is 12.7. The van der Waals surface area contributed by atoms with E-state index in [-0.39, 0.29) is 5.91 Å². The van der Waals surface area contributed by atoms with Gasteiger partial charge in [0.1, 0.15) is 11.5 Å². The lowest BCUT2D eigenvalue weighted by atomic mass is 10.1. The van der Waals surface area contributed by atoms with Gasteiger partial charge < -0.3 is 18.7 Å². The van der Waals surface area contributed by atoms with E-state index in [0.29, 0.717) is 30.8 Å². The minimum atomic E-state index is -0.116. The minimum Gasteiger partial charge on any atom is -0.469 e. The van der Waals surface area contributed by atoms with E-state index < -0.39 is 0 Å². The number of aryl methyl sites for hydroxylation is 1. The molecule has 0 fully saturated rings. The fraction of sp³-hybridized carbons (Fsp3) is 0.190. The van der Waals surface area contributed by atoms with Crippen molar-refractivity contribution in [3.05, 3.63) is 83.6 Å². The van der Waals surface area contributed by atoms with Gasteiger partial charge in [-0.15, -0.1) is 0 Å². The lowest BCUT2D eigenvalue weighted by molar-refractivity contribution is 0.0945. The Labute approximate surface area is 151 Å². The van der Waals surface area contributed by atoms with Crippen LogP contribution < -0.4 is 5.32 Å². The molecule has 1 aromatic carbocycles. The van der Waals surface area contributed by atoms with Crippen LogP contribution in [0.4, 0.5) is 0 Å². The van der Waals surface area contributed by atoms with Gasteiger partial charge in [-0.2, -0.15) is 0 Å². The van der Waals surface area contributed by atoms with Crippen molar-refractivity contribution in [2.75, 3.05) is 6.54 Å². The Morgan fingerprint density at radius 2 is 1.92 bits per heavy atom. The standard InChI is InChI=1S/C21H20N2O3/c1-15-4-6-16(7-5-15)14-23-18-9-12-26-20(18)13-19(23)21(24)22-10-8-17-3-2-11-25-17/h2-7,9,11-13H,8,10,14H2,1H3,(H,22,24). The highest BCUT2D eigenvalue weighted by molar-refractivity contribution is 5.97. The van der Waals surface area contributed by atoms with Crippen molar-refractivity contribution in [1.82, 2.24) is 9.88 Å². The van der Waals surface area contributed by atoms with Crippen LogP contribution in [0.15, 0.2) is 69.9 Å². The van der Waals surface area contributed by atoms with Gasteiger partial charge in [0.05, 0.1) is 18.0 Å². The normalized spacial score (nSPS) is 11.1. The first-order valence-electron chi connectivity index (χ1n) is 8.63. The van der Waals surface area contributed by atoms with E-state index in [0.717, 1.165) is 16.8 Å². The average Bonchev–Trinajstić information content (AvgIpc) is 3.35. The van der Waals surface area contributed by atoms with E-state index in [9.17, 15) is 4.79 Å². The van der Waals surface area contributed by atoms with Crippen LogP contribution in [0.3, 0.4) is 0 Å². The number of nitrogens with zero attached hydrogens (tertiary/aromatic N) is 1. The average molecular weight is 348 g/mol. The molecule has 0 saturated carbocycles. The molecule has 3 aromatic heterocycles. The van der Waals surface area contributed by atoms with Crippen LogP contribution >= 0.6 is 0 Å². The van der Waals surface area contributed by atoms with Gasteiger partial charge in [0, 0.05) is 31.6 Å². The van der Waals surface area contributed by atoms with E-state index >= 15 is 0 Å². The van der Waals surface area contributed by atoms with E-state index in [1.165, 1.54) is 5.56 Å². The summed E-state index contributed by atoms with van der Waals surface area (Å²) < 4.78 is 12.8. The zero-order valence-electron chi connectivity index (χ0n) is 14.6. The molecule has 4 aromatic rings. The molecule has 5 nitrogen and oxygen atoms in total. The molecule has 0 saturated heterocycles. The Kier molecular flexibility index (Phi) is 4.35. The Morgan fingerprint density at radius 1 is 1.08 bits per heavy atom. The number of rotatable bonds is 6. The molecule has 0 aliphatic heterocycles. The third kappa shape index (κ3) is 3.28. The van der Waals surface area contributed by atoms with E-state index in [2.05, 4.69) is 36.5 Å². The predicted octanol–water partition coefficient (Wildman–Crippen LogP) is 4.16. The van der Waals surface area contributed by atoms with Crippen molar-refractivity contribution in [2.24, 2.45) is 0 Å². The zero-order chi connectivity index (χ0) is 17.9. The monoisotopic (exact) mass is 348 g/mol. The van der Waals surface area contributed by atoms with Crippen molar-refractivity contribution in [3.8, 4) is 0 Å². The van der Waals surface area contributed by atoms with Gasteiger partial charge >= 0.3 is 0 Å². The van der Waals surface area contributed by atoms with Crippen LogP contribution in [0.1, 0.15) is 27.4 Å². The number of hydrogen-bond acceptors (Lipinski definition) is 3. The third-order valence-corrected chi connectivity index (χ3v) is 4.45. The topological polar surface area (TPSA) is 60.3 Å². The summed E-state index contributed by atoms with van der Waals surface area (Å²) in [7, 11) is 0. The molecule has 132 valence electrons. The molecule has 0 spiro atoms. The second kappa shape index (κ2) is 6.96. The Balaban J connectivity index is 1.54. The number of hydrogen-bond donors (Lipinski definition) is 1. The van der Waals surface area contributed by atoms with E-state index in [4.69, 9.17) is 8.83 Å². The fourth-order valence-electron chi connectivity index (χ4n) is 3.06. The molecule has 5 heteroatoms. The van der Waals surface area contributed by atoms with Gasteiger partial charge in [0.15, 0.2) is 5.58 Å². The van der Waals surface area contributed by atoms with Gasteiger partial charge in [0.25, 0.3) is 5.91 Å². The van der Waals surface area contributed by atoms with Crippen LogP contribution in [-0.2, 0) is 13.0 Å². The van der Waals surface area contributed by atoms with Crippen LogP contribution in [0.25, 0.3) is 11.1 Å². The molecule has 0 aliphatic rings. The molecule has 26 heavy (non-hydrogen) atoms. The summed E-state index contributed by atoms with van der Waals surface area (Å²) in [6.07, 6.45) is 3.94. The van der Waals surface area contributed by atoms with Gasteiger partial charge in [-0.05, 0) is 24.6 Å². The van der Waals surface area contributed by atoms with Crippen LogP contribution in [0.2, 0.25) is 0 Å². The summed E-state index contributed by atoms with van der Waals surface area (Å²) >= 11 is 0. The summed E-state index contributed by atoms with van der Waals surface area (Å²) in [5, 5.41) is 2.96. The minimum absolute atomic E-state index is 0.116. The summed E-state index contributed by atoms with van der Waals surface area (Å²) in [6, 6.07) is 15.8. The maximum Gasteiger partial charge on any atom is 0.268 e. The summed E-state index contributed by atoms with van der Waals surface area (Å²) in [5.41, 5.74) is 4.58. The molecule has 0 aliphatic carbocycles. The second-order valence-corrected chi connectivity index (χ2v) is 6.36. The summed E-state index contributed by atoms with van der Waals surface area (Å²) in [5.74, 6) is 0.740. The molecule has 0 radical (unpaired) electrons. The van der Waals surface area contributed by atoms with Crippen LogP contribution in [0.5, 0.6) is 0 Å². The van der Waals surface area contributed by atoms with Crippen molar-refractivity contribution in [1.29, 1.82) is 0 Å². The first kappa shape index (κ1) is 16.3. The number of carbonyl (C=O) groups excluding carboxylic acids is 1. The molecule has 1 N–H and O–H groups in total. The first-order chi connectivity index (χ1) is 12.7. The van der Waals surface area contributed by atoms with Gasteiger partial charge in [-0.1, -0.05) is 29.8 Å². The lowest BCUT2D eigenvalue weighted by Gasteiger charge is -2.11. The van der Waals surface area contributed by atoms with Crippen LogP contribution in [-0.4, -0.2) is 17.0 Å². The Bertz CT molecular complexity index is 1010. The Morgan fingerprint density at radius 3 is 2.69 bits per heavy atom. The van der Waals surface area contributed by atoms with Gasteiger partial charge in [-0.25, -0.2) is 0 Å². The number of fused-ring (bicyclic) bond motifs is 1. The fourth-order valence-corrected chi connectivity index (χ4v) is 3.06. The second-order valence-electron chi connectivity index (χ2n) is 6.36. The molecule has 0 atom stereocenters. The first-order valence-corrected chi connectivity index (χ1v) is 8.63. The highest BCUT2D eigenvalue weighted by atomic mass is 16.3. The van der Waals surface area contributed by atoms with Crippen molar-refractivity contribution >= 4 is 17.0 Å². The third-order valence-electron chi connectivity index (χ3n) is 4.45. The number of furan rings is 2. The smallest absolute Gasteiger partial charge is 0.268 e.